The Morgan fingerprint density at radius 3 is 2.67 bits per heavy atom. The molecule has 1 saturated heterocycles. The number of nitro groups is 1. The maximum Gasteiger partial charge on any atom is 0.270 e. The van der Waals surface area contributed by atoms with Crippen molar-refractivity contribution < 1.29 is 9.72 Å². The van der Waals surface area contributed by atoms with Crippen molar-refractivity contribution in [2.75, 3.05) is 26.2 Å². The minimum absolute atomic E-state index is 0.0488. The topological polar surface area (TPSA) is 75.5 Å². The van der Waals surface area contributed by atoms with Crippen LogP contribution >= 0.6 is 0 Å². The minimum atomic E-state index is -0.475. The van der Waals surface area contributed by atoms with Crippen LogP contribution in [0, 0.1) is 17.0 Å². The first kappa shape index (κ1) is 18.4. The number of amides is 1. The Hall–Kier alpha value is -1.95. The Morgan fingerprint density at radius 2 is 1.96 bits per heavy atom. The van der Waals surface area contributed by atoms with E-state index in [9.17, 15) is 14.9 Å². The van der Waals surface area contributed by atoms with E-state index in [1.807, 2.05) is 0 Å². The van der Waals surface area contributed by atoms with Crippen molar-refractivity contribution >= 4 is 11.6 Å². The summed E-state index contributed by atoms with van der Waals surface area (Å²) in [4.78, 5) is 25.0. The lowest BCUT2D eigenvalue weighted by atomic mass is 10.1. The number of aryl methyl sites for hydroxylation is 1. The van der Waals surface area contributed by atoms with Gasteiger partial charge in [0, 0.05) is 24.2 Å². The van der Waals surface area contributed by atoms with Gasteiger partial charge in [-0.15, -0.1) is 0 Å². The molecule has 1 aromatic rings. The molecule has 0 saturated carbocycles. The Labute approximate surface area is 143 Å². The lowest BCUT2D eigenvalue weighted by Crippen LogP contribution is -2.30. The predicted molar refractivity (Wildman–Crippen MR) is 94.3 cm³/mol. The summed E-state index contributed by atoms with van der Waals surface area (Å²) in [6.07, 6.45) is 7.18. The quantitative estimate of drug-likeness (QED) is 0.450. The number of nitrogens with zero attached hydrogens (tertiary/aromatic N) is 2. The van der Waals surface area contributed by atoms with Gasteiger partial charge >= 0.3 is 0 Å². The highest BCUT2D eigenvalue weighted by molar-refractivity contribution is 5.96. The Kier molecular flexibility index (Phi) is 7.18. The van der Waals surface area contributed by atoms with E-state index >= 15 is 0 Å². The van der Waals surface area contributed by atoms with E-state index in [0.29, 0.717) is 12.1 Å². The van der Waals surface area contributed by atoms with Crippen molar-refractivity contribution in [3.8, 4) is 0 Å². The molecular weight excluding hydrogens is 306 g/mol. The molecule has 1 amide bonds. The third-order valence-corrected chi connectivity index (χ3v) is 4.56. The molecule has 1 heterocycles. The van der Waals surface area contributed by atoms with Crippen molar-refractivity contribution in [3.05, 3.63) is 39.4 Å². The Morgan fingerprint density at radius 1 is 1.21 bits per heavy atom. The number of carbonyl (C=O) groups excluding carboxylic acids is 1. The zero-order valence-electron chi connectivity index (χ0n) is 14.4. The third kappa shape index (κ3) is 5.60. The fourth-order valence-electron chi connectivity index (χ4n) is 3.09. The summed E-state index contributed by atoms with van der Waals surface area (Å²) in [5.41, 5.74) is 1.09. The van der Waals surface area contributed by atoms with Crippen LogP contribution in [0.3, 0.4) is 0 Å². The van der Waals surface area contributed by atoms with Crippen molar-refractivity contribution in [2.45, 2.75) is 45.4 Å². The minimum Gasteiger partial charge on any atom is -0.352 e. The molecule has 1 fully saturated rings. The first-order valence-electron chi connectivity index (χ1n) is 8.83. The molecule has 0 bridgehead atoms. The van der Waals surface area contributed by atoms with E-state index in [2.05, 4.69) is 10.2 Å². The Balaban J connectivity index is 1.67. The average Bonchev–Trinajstić information content (AvgIpc) is 2.58. The molecule has 0 atom stereocenters. The normalized spacial score (nSPS) is 15.2. The largest absolute Gasteiger partial charge is 0.352 e. The number of hydrogen-bond donors (Lipinski definition) is 1. The molecule has 132 valence electrons. The van der Waals surface area contributed by atoms with Gasteiger partial charge in [-0.1, -0.05) is 18.9 Å². The van der Waals surface area contributed by atoms with Crippen molar-refractivity contribution in [3.63, 3.8) is 0 Å². The highest BCUT2D eigenvalue weighted by Gasteiger charge is 2.14. The van der Waals surface area contributed by atoms with Crippen LogP contribution in [-0.4, -0.2) is 41.9 Å². The summed E-state index contributed by atoms with van der Waals surface area (Å²) in [6, 6.07) is 4.39. The molecule has 0 radical (unpaired) electrons. The number of piperidine rings is 1. The maximum atomic E-state index is 12.2. The maximum absolute atomic E-state index is 12.2. The van der Waals surface area contributed by atoms with Crippen LogP contribution in [0.15, 0.2) is 18.2 Å². The fourth-order valence-corrected chi connectivity index (χ4v) is 3.09. The lowest BCUT2D eigenvalue weighted by Gasteiger charge is -2.26. The molecule has 6 nitrogen and oxygen atoms in total. The van der Waals surface area contributed by atoms with E-state index in [4.69, 9.17) is 0 Å². The van der Waals surface area contributed by atoms with Gasteiger partial charge in [0.1, 0.15) is 0 Å². The van der Waals surface area contributed by atoms with Gasteiger partial charge in [-0.05, 0) is 57.8 Å². The molecular formula is C18H27N3O3. The zero-order valence-corrected chi connectivity index (χ0v) is 14.4. The highest BCUT2D eigenvalue weighted by Crippen LogP contribution is 2.17. The number of non-ortho nitro benzene ring substituents is 1. The van der Waals surface area contributed by atoms with E-state index in [1.165, 1.54) is 44.5 Å². The fraction of sp³-hybridized carbons (Fsp3) is 0.611. The summed E-state index contributed by atoms with van der Waals surface area (Å²) in [7, 11) is 0. The second-order valence-electron chi connectivity index (χ2n) is 6.48. The number of rotatable bonds is 8. The second kappa shape index (κ2) is 9.37. The SMILES string of the molecule is Cc1ccc([N+](=O)[O-])cc1C(=O)NCCCCCN1CCCCC1. The molecule has 1 aliphatic heterocycles. The summed E-state index contributed by atoms with van der Waals surface area (Å²) >= 11 is 0. The third-order valence-electron chi connectivity index (χ3n) is 4.56. The molecule has 24 heavy (non-hydrogen) atoms. The summed E-state index contributed by atoms with van der Waals surface area (Å²) in [6.45, 7) is 6.00. The molecule has 0 unspecified atom stereocenters. The van der Waals surface area contributed by atoms with Crippen LogP contribution in [0.25, 0.3) is 0 Å². The van der Waals surface area contributed by atoms with Crippen molar-refractivity contribution in [1.29, 1.82) is 0 Å². The van der Waals surface area contributed by atoms with Gasteiger partial charge in [-0.3, -0.25) is 14.9 Å². The predicted octanol–water partition coefficient (Wildman–Crippen LogP) is 3.29. The van der Waals surface area contributed by atoms with Gasteiger partial charge in [0.25, 0.3) is 11.6 Å². The molecule has 1 aliphatic rings. The molecule has 0 aliphatic carbocycles. The smallest absolute Gasteiger partial charge is 0.270 e. The van der Waals surface area contributed by atoms with Crippen LogP contribution in [-0.2, 0) is 0 Å². The lowest BCUT2D eigenvalue weighted by molar-refractivity contribution is -0.384. The number of likely N-dealkylation sites (tertiary alicyclic amines) is 1. The summed E-state index contributed by atoms with van der Waals surface area (Å²) < 4.78 is 0. The molecule has 2 rings (SSSR count). The van der Waals surface area contributed by atoms with Crippen LogP contribution in [0.2, 0.25) is 0 Å². The second-order valence-corrected chi connectivity index (χ2v) is 6.48. The highest BCUT2D eigenvalue weighted by atomic mass is 16.6. The van der Waals surface area contributed by atoms with Gasteiger partial charge in [0.15, 0.2) is 0 Å². The van der Waals surface area contributed by atoms with Gasteiger partial charge in [0.2, 0.25) is 0 Å². The Bertz CT molecular complexity index is 569. The molecule has 0 spiro atoms. The van der Waals surface area contributed by atoms with E-state index in [0.717, 1.165) is 31.4 Å². The van der Waals surface area contributed by atoms with Gasteiger partial charge in [-0.2, -0.15) is 0 Å². The number of nitrogens with one attached hydrogen (secondary N) is 1. The number of hydrogen-bond acceptors (Lipinski definition) is 4. The van der Waals surface area contributed by atoms with Crippen LogP contribution in [0.4, 0.5) is 5.69 Å². The zero-order chi connectivity index (χ0) is 17.4. The van der Waals surface area contributed by atoms with Gasteiger partial charge < -0.3 is 10.2 Å². The number of unbranched alkanes of at least 4 members (excludes halogenated alkanes) is 2. The van der Waals surface area contributed by atoms with Crippen LogP contribution in [0.1, 0.15) is 54.4 Å². The van der Waals surface area contributed by atoms with Crippen molar-refractivity contribution in [1.82, 2.24) is 10.2 Å². The average molecular weight is 333 g/mol. The summed E-state index contributed by atoms with van der Waals surface area (Å²) in [5, 5.41) is 13.7. The standard InChI is InChI=1S/C18H27N3O3/c1-15-8-9-16(21(23)24)14-17(15)18(22)19-10-4-2-5-11-20-12-6-3-7-13-20/h8-9,14H,2-7,10-13H2,1H3,(H,19,22). The number of nitro benzene ring substituents is 1. The van der Waals surface area contributed by atoms with Crippen LogP contribution in [0.5, 0.6) is 0 Å². The van der Waals surface area contributed by atoms with E-state index in [-0.39, 0.29) is 11.6 Å². The molecule has 6 heteroatoms. The monoisotopic (exact) mass is 333 g/mol. The number of carbonyl (C=O) groups is 1. The summed E-state index contributed by atoms with van der Waals surface area (Å²) in [5.74, 6) is -0.229. The molecule has 1 N–H and O–H groups in total. The van der Waals surface area contributed by atoms with Gasteiger partial charge in [0.05, 0.1) is 4.92 Å². The number of benzene rings is 1. The van der Waals surface area contributed by atoms with Crippen molar-refractivity contribution in [2.24, 2.45) is 0 Å². The van der Waals surface area contributed by atoms with Gasteiger partial charge in [-0.25, -0.2) is 0 Å². The first-order valence-corrected chi connectivity index (χ1v) is 8.83. The van der Waals surface area contributed by atoms with E-state index < -0.39 is 4.92 Å². The molecule has 1 aromatic carbocycles. The first-order chi connectivity index (χ1) is 11.6. The van der Waals surface area contributed by atoms with E-state index in [1.54, 1.807) is 13.0 Å². The molecule has 0 aromatic heterocycles. The van der Waals surface area contributed by atoms with Crippen LogP contribution < -0.4 is 5.32 Å².